The summed E-state index contributed by atoms with van der Waals surface area (Å²) in [6, 6.07) is 17.3. The molecule has 1 heterocycles. The molecule has 188 valence electrons. The van der Waals surface area contributed by atoms with E-state index in [1.807, 2.05) is 43.3 Å². The first kappa shape index (κ1) is 26.7. The monoisotopic (exact) mass is 606 g/mol. The topological polar surface area (TPSA) is 59.6 Å². The fraction of sp³-hybridized carbons (Fsp3) is 0.222. The van der Waals surface area contributed by atoms with Crippen LogP contribution in [0.2, 0.25) is 10.0 Å². The molecule has 0 unspecified atom stereocenters. The molecule has 3 aromatic carbocycles. The molecule has 2 N–H and O–H groups in total. The van der Waals surface area contributed by atoms with E-state index in [1.165, 1.54) is 17.3 Å². The predicted molar refractivity (Wildman–Crippen MR) is 153 cm³/mol. The van der Waals surface area contributed by atoms with E-state index in [9.17, 15) is 4.79 Å². The van der Waals surface area contributed by atoms with Gasteiger partial charge in [-0.1, -0.05) is 76.0 Å². The Morgan fingerprint density at radius 1 is 1.00 bits per heavy atom. The lowest BCUT2D eigenvalue weighted by Gasteiger charge is -2.14. The summed E-state index contributed by atoms with van der Waals surface area (Å²) >= 11 is 17.2. The van der Waals surface area contributed by atoms with Gasteiger partial charge in [-0.05, 0) is 72.5 Å². The van der Waals surface area contributed by atoms with E-state index in [4.69, 9.17) is 32.7 Å². The average Bonchev–Trinajstić information content (AvgIpc) is 3.21. The van der Waals surface area contributed by atoms with Crippen molar-refractivity contribution in [2.24, 2.45) is 0 Å². The Hall–Kier alpha value is -2.32. The SMILES string of the molecule is CCOc1cc(/C=C2\S[C@@H](Nc3ccc(CC)cc3)NC2=O)c(Br)cc1OCc1ccc(Cl)c(Cl)c1. The number of amides is 1. The first-order valence-electron chi connectivity index (χ1n) is 11.4. The molecule has 1 amide bonds. The summed E-state index contributed by atoms with van der Waals surface area (Å²) in [7, 11) is 0. The molecule has 0 saturated carbocycles. The zero-order valence-corrected chi connectivity index (χ0v) is 23.7. The number of thioether (sulfide) groups is 1. The number of carbonyl (C=O) groups is 1. The quantitative estimate of drug-likeness (QED) is 0.242. The van der Waals surface area contributed by atoms with Crippen molar-refractivity contribution in [2.45, 2.75) is 32.4 Å². The number of ether oxygens (including phenoxy) is 2. The van der Waals surface area contributed by atoms with Gasteiger partial charge in [-0.25, -0.2) is 0 Å². The Morgan fingerprint density at radius 3 is 2.42 bits per heavy atom. The van der Waals surface area contributed by atoms with Crippen molar-refractivity contribution < 1.29 is 14.3 Å². The highest BCUT2D eigenvalue weighted by atomic mass is 79.9. The molecule has 1 atom stereocenters. The highest BCUT2D eigenvalue weighted by Gasteiger charge is 2.27. The highest BCUT2D eigenvalue weighted by molar-refractivity contribution is 9.10. The van der Waals surface area contributed by atoms with Crippen LogP contribution in [-0.4, -0.2) is 18.0 Å². The summed E-state index contributed by atoms with van der Waals surface area (Å²) in [5.74, 6) is 1.03. The summed E-state index contributed by atoms with van der Waals surface area (Å²) in [6.45, 7) is 4.80. The number of nitrogens with one attached hydrogen (secondary N) is 2. The van der Waals surface area contributed by atoms with Crippen LogP contribution in [0.4, 0.5) is 5.69 Å². The third kappa shape index (κ3) is 6.71. The molecule has 9 heteroatoms. The predicted octanol–water partition coefficient (Wildman–Crippen LogP) is 7.90. The second-order valence-electron chi connectivity index (χ2n) is 7.97. The van der Waals surface area contributed by atoms with E-state index in [0.717, 1.165) is 27.7 Å². The number of halogens is 3. The number of hydrogen-bond donors (Lipinski definition) is 2. The molecule has 1 aliphatic rings. The van der Waals surface area contributed by atoms with Gasteiger partial charge in [-0.2, -0.15) is 0 Å². The van der Waals surface area contributed by atoms with Gasteiger partial charge in [0.15, 0.2) is 17.0 Å². The normalized spacial score (nSPS) is 16.2. The standard InChI is InChI=1S/C27H25BrCl2N2O3S/c1-3-16-5-8-19(9-6-16)31-27-32-26(33)25(36-27)13-18-12-23(34-4-2)24(14-20(18)28)35-15-17-7-10-21(29)22(30)11-17/h5-14,27,31H,3-4,15H2,1-2H3,(H,32,33)/b25-13-/t27-/m0/s1. The fourth-order valence-corrected chi connectivity index (χ4v) is 5.26. The molecular formula is C27H25BrCl2N2O3S. The summed E-state index contributed by atoms with van der Waals surface area (Å²) in [6.07, 6.45) is 2.83. The van der Waals surface area contributed by atoms with E-state index < -0.39 is 0 Å². The van der Waals surface area contributed by atoms with Crippen molar-refractivity contribution in [3.63, 3.8) is 0 Å². The lowest BCUT2D eigenvalue weighted by molar-refractivity contribution is -0.116. The first-order chi connectivity index (χ1) is 17.4. The van der Waals surface area contributed by atoms with Crippen molar-refractivity contribution in [3.8, 4) is 11.5 Å². The molecular weight excluding hydrogens is 583 g/mol. The Kier molecular flexibility index (Phi) is 9.12. The van der Waals surface area contributed by atoms with E-state index in [1.54, 1.807) is 12.1 Å². The molecule has 1 fully saturated rings. The third-order valence-corrected chi connectivity index (χ3v) is 7.87. The summed E-state index contributed by atoms with van der Waals surface area (Å²) in [5, 5.41) is 7.29. The zero-order valence-electron chi connectivity index (χ0n) is 19.7. The number of benzene rings is 3. The van der Waals surface area contributed by atoms with Crippen molar-refractivity contribution in [1.29, 1.82) is 0 Å². The van der Waals surface area contributed by atoms with Crippen LogP contribution in [0.5, 0.6) is 11.5 Å². The van der Waals surface area contributed by atoms with Gasteiger partial charge >= 0.3 is 0 Å². The molecule has 0 radical (unpaired) electrons. The third-order valence-electron chi connectivity index (χ3n) is 5.42. The molecule has 1 saturated heterocycles. The van der Waals surface area contributed by atoms with Crippen LogP contribution in [-0.2, 0) is 17.8 Å². The molecule has 5 nitrogen and oxygen atoms in total. The van der Waals surface area contributed by atoms with E-state index in [0.29, 0.717) is 39.7 Å². The molecule has 0 aliphatic carbocycles. The number of aryl methyl sites for hydroxylation is 1. The molecule has 4 rings (SSSR count). The van der Waals surface area contributed by atoms with Crippen LogP contribution in [0, 0.1) is 0 Å². The summed E-state index contributed by atoms with van der Waals surface area (Å²) < 4.78 is 12.6. The lowest BCUT2D eigenvalue weighted by atomic mass is 10.1. The van der Waals surface area contributed by atoms with Gasteiger partial charge in [-0.15, -0.1) is 0 Å². The van der Waals surface area contributed by atoms with E-state index >= 15 is 0 Å². The summed E-state index contributed by atoms with van der Waals surface area (Å²) in [5.41, 5.74) is 3.66. The molecule has 0 aromatic heterocycles. The molecule has 0 spiro atoms. The van der Waals surface area contributed by atoms with Crippen molar-refractivity contribution in [1.82, 2.24) is 5.32 Å². The largest absolute Gasteiger partial charge is 0.490 e. The van der Waals surface area contributed by atoms with Crippen molar-refractivity contribution >= 4 is 68.6 Å². The van der Waals surface area contributed by atoms with Crippen LogP contribution < -0.4 is 20.1 Å². The Morgan fingerprint density at radius 2 is 1.72 bits per heavy atom. The molecule has 36 heavy (non-hydrogen) atoms. The van der Waals surface area contributed by atoms with Gasteiger partial charge < -0.3 is 20.1 Å². The van der Waals surface area contributed by atoms with Gasteiger partial charge in [0.25, 0.3) is 5.91 Å². The molecule has 0 bridgehead atoms. The van der Waals surface area contributed by atoms with Crippen LogP contribution in [0.15, 0.2) is 64.0 Å². The molecule has 3 aromatic rings. The number of hydrogen-bond acceptors (Lipinski definition) is 5. The second kappa shape index (κ2) is 12.3. The number of anilines is 1. The minimum Gasteiger partial charge on any atom is -0.490 e. The Balaban J connectivity index is 1.49. The minimum atomic E-state index is -0.254. The second-order valence-corrected chi connectivity index (χ2v) is 10.8. The van der Waals surface area contributed by atoms with Crippen LogP contribution in [0.3, 0.4) is 0 Å². The minimum absolute atomic E-state index is 0.132. The van der Waals surface area contributed by atoms with Gasteiger partial charge in [0.1, 0.15) is 6.61 Å². The maximum Gasteiger partial charge on any atom is 0.260 e. The van der Waals surface area contributed by atoms with Crippen LogP contribution >= 0.6 is 50.9 Å². The maximum absolute atomic E-state index is 12.6. The number of rotatable bonds is 9. The Labute approximate surface area is 233 Å². The highest BCUT2D eigenvalue weighted by Crippen LogP contribution is 2.38. The van der Waals surface area contributed by atoms with E-state index in [2.05, 4.69) is 45.6 Å². The van der Waals surface area contributed by atoms with Gasteiger partial charge in [0.2, 0.25) is 0 Å². The van der Waals surface area contributed by atoms with Gasteiger partial charge in [-0.3, -0.25) is 4.79 Å². The summed E-state index contributed by atoms with van der Waals surface area (Å²) in [4.78, 5) is 13.2. The van der Waals surface area contributed by atoms with Crippen molar-refractivity contribution in [2.75, 3.05) is 11.9 Å². The average molecular weight is 608 g/mol. The number of carbonyl (C=O) groups excluding carboxylic acids is 1. The zero-order chi connectivity index (χ0) is 25.7. The smallest absolute Gasteiger partial charge is 0.260 e. The Bertz CT molecular complexity index is 1280. The van der Waals surface area contributed by atoms with Crippen LogP contribution in [0.1, 0.15) is 30.5 Å². The van der Waals surface area contributed by atoms with Gasteiger partial charge in [0.05, 0.1) is 21.6 Å². The first-order valence-corrected chi connectivity index (χ1v) is 13.9. The fourth-order valence-electron chi connectivity index (χ4n) is 3.53. The van der Waals surface area contributed by atoms with Crippen LogP contribution in [0.25, 0.3) is 6.08 Å². The maximum atomic E-state index is 12.6. The van der Waals surface area contributed by atoms with E-state index in [-0.39, 0.29) is 11.4 Å². The molecule has 1 aliphatic heterocycles. The van der Waals surface area contributed by atoms with Gasteiger partial charge in [0, 0.05) is 10.2 Å². The lowest BCUT2D eigenvalue weighted by Crippen LogP contribution is -2.30. The van der Waals surface area contributed by atoms with Crippen molar-refractivity contribution in [3.05, 3.63) is 90.7 Å².